The molecular weight excluding hydrogens is 1410 g/mol. The Morgan fingerprint density at radius 3 is 1.24 bits per heavy atom. The topological polar surface area (TPSA) is 226 Å². The van der Waals surface area contributed by atoms with Gasteiger partial charge in [-0.25, -0.2) is 15.0 Å². The van der Waals surface area contributed by atoms with Gasteiger partial charge in [-0.05, 0) is 148 Å². The maximum Gasteiger partial charge on any atom is 0.309 e. The van der Waals surface area contributed by atoms with E-state index < -0.39 is 23.7 Å². The molecule has 18 nitrogen and oxygen atoms in total. The lowest BCUT2D eigenvalue weighted by atomic mass is 10.1. The second kappa shape index (κ2) is 32.0. The van der Waals surface area contributed by atoms with Crippen molar-refractivity contribution in [3.63, 3.8) is 0 Å². The van der Waals surface area contributed by atoms with E-state index in [1.807, 2.05) is 84.9 Å². The van der Waals surface area contributed by atoms with E-state index in [2.05, 4.69) is 82.4 Å². The Bertz CT molecular complexity index is 4630. The third-order valence-electron chi connectivity index (χ3n) is 19.1. The largest absolute Gasteiger partial charge is 0.494 e. The minimum absolute atomic E-state index is 0.164. The van der Waals surface area contributed by atoms with Gasteiger partial charge in [0.2, 0.25) is 0 Å². The smallest absolute Gasteiger partial charge is 0.309 e. The van der Waals surface area contributed by atoms with Crippen LogP contribution in [0.3, 0.4) is 0 Å². The van der Waals surface area contributed by atoms with Crippen LogP contribution in [0.4, 0.5) is 28.4 Å². The Hall–Kier alpha value is -8.88. The molecule has 0 aliphatic heterocycles. The first-order chi connectivity index (χ1) is 48.9. The summed E-state index contributed by atoms with van der Waals surface area (Å²) in [5.41, 5.74) is 5.66. The quantitative estimate of drug-likeness (QED) is 0.0400. The maximum atomic E-state index is 13.1. The fraction of sp³-hybridized carbons (Fsp3) is 0.354. The molecule has 524 valence electrons. The maximum absolute atomic E-state index is 13.1. The zero-order valence-electron chi connectivity index (χ0n) is 56.6. The number of carboxylic acids is 1. The summed E-state index contributed by atoms with van der Waals surface area (Å²) >= 11 is 22.4. The van der Waals surface area contributed by atoms with Crippen molar-refractivity contribution in [1.29, 1.82) is 0 Å². The van der Waals surface area contributed by atoms with Gasteiger partial charge in [0.05, 0.1) is 76.1 Å². The highest BCUT2D eigenvalue weighted by molar-refractivity contribution is 9.10. The number of hydrogen-bond donors (Lipinski definition) is 2. The number of nitrogens with one attached hydrogen (secondary N) is 1. The molecule has 6 unspecified atom stereocenters. The monoisotopic (exact) mass is 1490 g/mol. The molecule has 6 atom stereocenters. The first-order valence-corrected chi connectivity index (χ1v) is 36.1. The van der Waals surface area contributed by atoms with Crippen LogP contribution in [0.15, 0.2) is 150 Å². The SMILES string of the molecule is CCOC(=O)C1CC1C(=O)c1ncc(Br)cc1OC.CCOC(=O)C1CC1C(=O)c1ncc(N(CC2CC2)c2ccc(Cl)c3ccccc23)cc1OC.COc1cc(N(CC2CC2)c2ccc(Cl)c3ccccc23)cnc1C(=O)C1CC1C(=O)O.Clc1ccc(NCC2CC2)c2ccccc12. The number of aliphatic carboxylic acids is 1. The fourth-order valence-electron chi connectivity index (χ4n) is 12.6. The van der Waals surface area contributed by atoms with E-state index >= 15 is 0 Å². The Labute approximate surface area is 609 Å². The van der Waals surface area contributed by atoms with Gasteiger partial charge in [-0.15, -0.1) is 0 Å². The number of carboxylic acid groups (broad SMARTS) is 1. The Morgan fingerprint density at radius 2 is 0.842 bits per heavy atom. The Kier molecular flexibility index (Phi) is 22.8. The van der Waals surface area contributed by atoms with Crippen LogP contribution in [0.5, 0.6) is 17.2 Å². The number of rotatable bonds is 25. The second-order valence-corrected chi connectivity index (χ2v) is 28.4. The molecule has 9 aromatic rings. The van der Waals surface area contributed by atoms with Crippen LogP contribution in [0.1, 0.15) is 103 Å². The van der Waals surface area contributed by atoms with Gasteiger partial charge in [0.25, 0.3) is 0 Å². The van der Waals surface area contributed by atoms with Crippen molar-refractivity contribution in [3.8, 4) is 17.2 Å². The molecule has 22 heteroatoms. The zero-order chi connectivity index (χ0) is 71.2. The molecule has 6 aliphatic rings. The van der Waals surface area contributed by atoms with E-state index in [4.69, 9.17) is 63.6 Å². The van der Waals surface area contributed by atoms with Crippen LogP contribution in [0.2, 0.25) is 15.1 Å². The van der Waals surface area contributed by atoms with Gasteiger partial charge in [-0.3, -0.25) is 28.8 Å². The molecule has 101 heavy (non-hydrogen) atoms. The van der Waals surface area contributed by atoms with Crippen molar-refractivity contribution in [1.82, 2.24) is 15.0 Å². The average Bonchev–Trinajstić information content (AvgIpc) is 1.27. The number of benzene rings is 6. The number of carbonyl (C=O) groups excluding carboxylic acids is 5. The molecule has 6 fully saturated rings. The number of ketones is 3. The molecule has 6 saturated carbocycles. The number of methoxy groups -OCH3 is 3. The van der Waals surface area contributed by atoms with Crippen LogP contribution >= 0.6 is 50.7 Å². The summed E-state index contributed by atoms with van der Waals surface area (Å²) in [7, 11) is 4.52. The summed E-state index contributed by atoms with van der Waals surface area (Å²) in [4.78, 5) is 90.3. The van der Waals surface area contributed by atoms with Crippen molar-refractivity contribution >= 4 is 147 Å². The molecule has 6 aliphatic carbocycles. The van der Waals surface area contributed by atoms with Gasteiger partial charge in [0.15, 0.2) is 17.3 Å². The van der Waals surface area contributed by atoms with Crippen LogP contribution in [0, 0.1) is 53.3 Å². The molecule has 3 heterocycles. The molecule has 0 amide bonds. The molecule has 0 spiro atoms. The van der Waals surface area contributed by atoms with Gasteiger partial charge < -0.3 is 43.9 Å². The van der Waals surface area contributed by atoms with Crippen molar-refractivity contribution in [3.05, 3.63) is 183 Å². The Morgan fingerprint density at radius 1 is 0.475 bits per heavy atom. The molecule has 3 aromatic heterocycles. The van der Waals surface area contributed by atoms with Crippen molar-refractivity contribution < 1.29 is 57.6 Å². The van der Waals surface area contributed by atoms with Gasteiger partial charge in [0, 0.05) is 125 Å². The number of anilines is 5. The molecule has 0 saturated heterocycles. The van der Waals surface area contributed by atoms with Crippen LogP contribution in [0.25, 0.3) is 32.3 Å². The lowest BCUT2D eigenvalue weighted by Gasteiger charge is -2.27. The first kappa shape index (κ1) is 71.9. The molecule has 2 N–H and O–H groups in total. The van der Waals surface area contributed by atoms with Crippen LogP contribution in [-0.2, 0) is 23.9 Å². The molecule has 0 radical (unpaired) electrons. The third kappa shape index (κ3) is 17.0. The van der Waals surface area contributed by atoms with Gasteiger partial charge >= 0.3 is 17.9 Å². The number of aromatic nitrogens is 3. The molecule has 15 rings (SSSR count). The summed E-state index contributed by atoms with van der Waals surface area (Å²) in [6.45, 7) is 6.91. The number of carbonyl (C=O) groups is 6. The number of fused-ring (bicyclic) bond motifs is 3. The minimum atomic E-state index is -0.941. The number of ether oxygens (including phenoxy) is 5. The molecule has 0 bridgehead atoms. The van der Waals surface area contributed by atoms with E-state index in [1.54, 1.807) is 32.3 Å². The highest BCUT2D eigenvalue weighted by atomic mass is 79.9. The number of Topliss-reactive ketones (excluding diaryl/α,β-unsaturated/α-hetero) is 3. The predicted molar refractivity (Wildman–Crippen MR) is 396 cm³/mol. The highest BCUT2D eigenvalue weighted by Gasteiger charge is 2.52. The second-order valence-electron chi connectivity index (χ2n) is 26.3. The fourth-order valence-corrected chi connectivity index (χ4v) is 13.6. The lowest BCUT2D eigenvalue weighted by molar-refractivity contribution is -0.145. The summed E-state index contributed by atoms with van der Waals surface area (Å²) in [6, 6.07) is 41.7. The van der Waals surface area contributed by atoms with E-state index in [0.29, 0.717) is 71.6 Å². The molecule has 6 aromatic carbocycles. The number of pyridine rings is 3. The Balaban J connectivity index is 0.000000133. The van der Waals surface area contributed by atoms with Gasteiger partial charge in [-0.2, -0.15) is 0 Å². The summed E-state index contributed by atoms with van der Waals surface area (Å²) in [5, 5.41) is 21.3. The van der Waals surface area contributed by atoms with E-state index in [9.17, 15) is 28.8 Å². The van der Waals surface area contributed by atoms with Crippen molar-refractivity contribution in [2.24, 2.45) is 53.3 Å². The standard InChI is InChI=1S/C27H27ClN2O4.C25H23ClN2O4.C14H14ClN.C13H14BrNO4/c1-3-34-27(32)21-13-20(21)26(31)25-24(33-2)12-17(14-29-25)30(15-16-8-9-16)23-11-10-22(28)18-6-4-5-7-19(18)23;1-32-22-10-15(12-27-23(22)24(29)18-11-19(18)25(30)31)28(13-14-6-7-14)21-9-8-20(26)16-4-2-3-5-17(16)21;15-13-7-8-14(16-9-10-5-6-10)12-4-2-1-3-11(12)13;1-3-19-13(17)9-5-8(9)12(16)11-10(18-2)4-7(14)6-15-11/h4-7,10-12,14,16,20-21H,3,8-9,13,15H2,1-2H3;2-5,8-10,12,14,18-19H,6-7,11,13H2,1H3,(H,30,31);1-4,7-8,10,16H,5-6,9H2;4,6,8-9H,3,5H2,1-2H3. The minimum Gasteiger partial charge on any atom is -0.494 e. The van der Waals surface area contributed by atoms with E-state index in [-0.39, 0.29) is 64.1 Å². The molecular formula is C79H78BrCl3N6O12. The van der Waals surface area contributed by atoms with Crippen molar-refractivity contribution in [2.45, 2.75) is 71.6 Å². The van der Waals surface area contributed by atoms with E-state index in [0.717, 1.165) is 84.7 Å². The first-order valence-electron chi connectivity index (χ1n) is 34.2. The number of halogens is 4. The average molecular weight is 1490 g/mol. The number of esters is 2. The van der Waals surface area contributed by atoms with Crippen molar-refractivity contribution in [2.75, 3.05) is 69.3 Å². The van der Waals surface area contributed by atoms with Gasteiger partial charge in [-0.1, -0.05) is 108 Å². The number of nitrogens with zero attached hydrogens (tertiary/aromatic N) is 5. The van der Waals surface area contributed by atoms with Crippen LogP contribution < -0.4 is 29.3 Å². The third-order valence-corrected chi connectivity index (χ3v) is 20.5. The summed E-state index contributed by atoms with van der Waals surface area (Å²) in [6.07, 6.45) is 13.8. The van der Waals surface area contributed by atoms with Gasteiger partial charge in [0.1, 0.15) is 34.3 Å². The summed E-state index contributed by atoms with van der Waals surface area (Å²) < 4.78 is 27.0. The summed E-state index contributed by atoms with van der Waals surface area (Å²) in [5.74, 6) is -1.49. The zero-order valence-corrected chi connectivity index (χ0v) is 60.5. The van der Waals surface area contributed by atoms with Crippen LogP contribution in [-0.4, -0.2) is 109 Å². The normalized spacial score (nSPS) is 18.9. The lowest BCUT2D eigenvalue weighted by Crippen LogP contribution is -2.21. The highest BCUT2D eigenvalue weighted by Crippen LogP contribution is 2.48. The number of hydrogen-bond acceptors (Lipinski definition) is 17. The van der Waals surface area contributed by atoms with E-state index in [1.165, 1.54) is 77.1 Å². The predicted octanol–water partition coefficient (Wildman–Crippen LogP) is 17.7.